The summed E-state index contributed by atoms with van der Waals surface area (Å²) < 4.78 is 26.9. The number of rotatable bonds is 9. The third kappa shape index (κ3) is 6.10. The summed E-state index contributed by atoms with van der Waals surface area (Å²) in [6.45, 7) is 7.88. The summed E-state index contributed by atoms with van der Waals surface area (Å²) in [7, 11) is -3.67. The number of nitrogens with zero attached hydrogens (tertiary/aromatic N) is 2. The predicted octanol–water partition coefficient (Wildman–Crippen LogP) is 4.29. The van der Waals surface area contributed by atoms with Gasteiger partial charge in [0.05, 0.1) is 15.5 Å². The van der Waals surface area contributed by atoms with Gasteiger partial charge in [-0.15, -0.1) is 0 Å². The summed E-state index contributed by atoms with van der Waals surface area (Å²) in [5.74, 6) is -0.399. The maximum atomic E-state index is 12.8. The van der Waals surface area contributed by atoms with Gasteiger partial charge in [-0.25, -0.2) is 8.42 Å². The minimum atomic E-state index is -3.67. The Kier molecular flexibility index (Phi) is 8.71. The van der Waals surface area contributed by atoms with E-state index in [2.05, 4.69) is 22.3 Å². The van der Waals surface area contributed by atoms with Crippen LogP contribution >= 0.6 is 11.6 Å². The Balaban J connectivity index is 1.64. The molecule has 0 atom stereocenters. The number of sulfonamides is 1. The van der Waals surface area contributed by atoms with E-state index >= 15 is 0 Å². The van der Waals surface area contributed by atoms with Crippen molar-refractivity contribution in [2.75, 3.05) is 26.2 Å². The Morgan fingerprint density at radius 2 is 1.62 bits per heavy atom. The van der Waals surface area contributed by atoms with Gasteiger partial charge in [-0.2, -0.15) is 4.31 Å². The van der Waals surface area contributed by atoms with Crippen LogP contribution in [0.4, 0.5) is 0 Å². The maximum absolute atomic E-state index is 12.8. The molecule has 6 nitrogen and oxygen atoms in total. The van der Waals surface area contributed by atoms with Crippen molar-refractivity contribution < 1.29 is 13.2 Å². The van der Waals surface area contributed by atoms with Crippen LogP contribution in [0.15, 0.2) is 47.4 Å². The Morgan fingerprint density at radius 3 is 2.25 bits per heavy atom. The first-order chi connectivity index (χ1) is 15.3. The van der Waals surface area contributed by atoms with Crippen LogP contribution in [0, 0.1) is 0 Å². The van der Waals surface area contributed by atoms with Crippen molar-refractivity contribution in [3.05, 3.63) is 64.2 Å². The molecule has 0 saturated carbocycles. The van der Waals surface area contributed by atoms with Gasteiger partial charge in [0.25, 0.3) is 5.91 Å². The number of likely N-dealkylation sites (tertiary alicyclic amines) is 1. The van der Waals surface area contributed by atoms with Gasteiger partial charge in [0, 0.05) is 26.2 Å². The molecule has 0 radical (unpaired) electrons. The maximum Gasteiger partial charge on any atom is 0.253 e. The Morgan fingerprint density at radius 1 is 1.00 bits per heavy atom. The van der Waals surface area contributed by atoms with Crippen molar-refractivity contribution >= 4 is 27.5 Å². The average Bonchev–Trinajstić information content (AvgIpc) is 2.80. The summed E-state index contributed by atoms with van der Waals surface area (Å²) in [6, 6.07) is 12.5. The predicted molar refractivity (Wildman–Crippen MR) is 128 cm³/mol. The first kappa shape index (κ1) is 24.7. The molecule has 174 valence electrons. The molecule has 1 saturated heterocycles. The third-order valence-electron chi connectivity index (χ3n) is 5.86. The monoisotopic (exact) mass is 477 g/mol. The number of carbonyl (C=O) groups is 1. The molecule has 0 bridgehead atoms. The summed E-state index contributed by atoms with van der Waals surface area (Å²) in [5, 5.41) is 3.07. The lowest BCUT2D eigenvalue weighted by atomic mass is 10.1. The molecule has 1 amide bonds. The van der Waals surface area contributed by atoms with Crippen molar-refractivity contribution in [3.63, 3.8) is 0 Å². The number of halogens is 1. The number of nitrogens with one attached hydrogen (secondary N) is 1. The lowest BCUT2D eigenvalue weighted by Gasteiger charge is -2.26. The van der Waals surface area contributed by atoms with E-state index in [-0.39, 0.29) is 15.5 Å². The third-order valence-corrected chi connectivity index (χ3v) is 8.23. The van der Waals surface area contributed by atoms with Crippen LogP contribution in [0.2, 0.25) is 5.02 Å². The number of benzene rings is 2. The van der Waals surface area contributed by atoms with E-state index in [9.17, 15) is 13.2 Å². The smallest absolute Gasteiger partial charge is 0.253 e. The first-order valence-electron chi connectivity index (χ1n) is 11.2. The second-order valence-corrected chi connectivity index (χ2v) is 10.4. The van der Waals surface area contributed by atoms with Gasteiger partial charge >= 0.3 is 0 Å². The van der Waals surface area contributed by atoms with Gasteiger partial charge in [-0.1, -0.05) is 56.1 Å². The molecule has 2 aromatic carbocycles. The molecular formula is C24H32ClN3O3S. The van der Waals surface area contributed by atoms with E-state index in [4.69, 9.17) is 11.6 Å². The number of hydrogen-bond acceptors (Lipinski definition) is 4. The van der Waals surface area contributed by atoms with Gasteiger partial charge < -0.3 is 5.32 Å². The van der Waals surface area contributed by atoms with Crippen LogP contribution in [-0.4, -0.2) is 49.7 Å². The van der Waals surface area contributed by atoms with Crippen LogP contribution in [-0.2, 0) is 23.1 Å². The van der Waals surface area contributed by atoms with Gasteiger partial charge in [0.15, 0.2) is 0 Å². The van der Waals surface area contributed by atoms with Gasteiger partial charge in [0.1, 0.15) is 0 Å². The molecular weight excluding hydrogens is 446 g/mol. The molecule has 1 fully saturated rings. The number of amides is 1. The molecule has 0 unspecified atom stereocenters. The second kappa shape index (κ2) is 11.3. The largest absolute Gasteiger partial charge is 0.348 e. The van der Waals surface area contributed by atoms with Crippen LogP contribution in [0.3, 0.4) is 0 Å². The molecule has 1 heterocycles. The van der Waals surface area contributed by atoms with Crippen molar-refractivity contribution in [1.82, 2.24) is 14.5 Å². The SMILES string of the molecule is CCN(CC)S(=O)(=O)c1ccc(Cl)c(C(=O)NCc2ccc(CN3CCCCC3)cc2)c1. The summed E-state index contributed by atoms with van der Waals surface area (Å²) in [4.78, 5) is 15.3. The fraction of sp³-hybridized carbons (Fsp3) is 0.458. The summed E-state index contributed by atoms with van der Waals surface area (Å²) in [6.07, 6.45) is 3.86. The minimum Gasteiger partial charge on any atom is -0.348 e. The zero-order valence-electron chi connectivity index (χ0n) is 18.8. The number of piperidine rings is 1. The zero-order chi connectivity index (χ0) is 23.1. The van der Waals surface area contributed by atoms with E-state index < -0.39 is 15.9 Å². The quantitative estimate of drug-likeness (QED) is 0.585. The minimum absolute atomic E-state index is 0.0674. The van der Waals surface area contributed by atoms with E-state index in [1.165, 1.54) is 47.3 Å². The van der Waals surface area contributed by atoms with E-state index in [1.54, 1.807) is 13.8 Å². The average molecular weight is 478 g/mol. The topological polar surface area (TPSA) is 69.7 Å². The molecule has 8 heteroatoms. The highest BCUT2D eigenvalue weighted by atomic mass is 35.5. The van der Waals surface area contributed by atoms with E-state index in [0.717, 1.165) is 25.2 Å². The van der Waals surface area contributed by atoms with Crippen molar-refractivity contribution in [2.45, 2.75) is 51.1 Å². The van der Waals surface area contributed by atoms with Gasteiger partial charge in [0.2, 0.25) is 10.0 Å². The molecule has 0 aliphatic carbocycles. The molecule has 0 aromatic heterocycles. The number of carbonyl (C=O) groups excluding carboxylic acids is 1. The molecule has 0 spiro atoms. The summed E-state index contributed by atoms with van der Waals surface area (Å²) in [5.41, 5.74) is 2.39. The molecule has 3 rings (SSSR count). The molecule has 2 aromatic rings. The fourth-order valence-electron chi connectivity index (χ4n) is 3.97. The molecule has 32 heavy (non-hydrogen) atoms. The second-order valence-electron chi connectivity index (χ2n) is 8.07. The Bertz CT molecular complexity index is 1020. The Labute approximate surface area is 196 Å². The van der Waals surface area contributed by atoms with Crippen LogP contribution in [0.1, 0.15) is 54.6 Å². The van der Waals surface area contributed by atoms with Crippen molar-refractivity contribution in [1.29, 1.82) is 0 Å². The van der Waals surface area contributed by atoms with E-state index in [1.807, 2.05) is 12.1 Å². The lowest BCUT2D eigenvalue weighted by Crippen LogP contribution is -2.31. The first-order valence-corrected chi connectivity index (χ1v) is 13.0. The van der Waals surface area contributed by atoms with Gasteiger partial charge in [-0.3, -0.25) is 9.69 Å². The zero-order valence-corrected chi connectivity index (χ0v) is 20.4. The molecule has 1 aliphatic rings. The van der Waals surface area contributed by atoms with Crippen molar-refractivity contribution in [2.24, 2.45) is 0 Å². The van der Waals surface area contributed by atoms with Crippen LogP contribution in [0.25, 0.3) is 0 Å². The molecule has 1 N–H and O–H groups in total. The lowest BCUT2D eigenvalue weighted by molar-refractivity contribution is 0.0951. The highest BCUT2D eigenvalue weighted by Gasteiger charge is 2.23. The van der Waals surface area contributed by atoms with Crippen molar-refractivity contribution in [3.8, 4) is 0 Å². The van der Waals surface area contributed by atoms with Crippen LogP contribution in [0.5, 0.6) is 0 Å². The highest BCUT2D eigenvalue weighted by molar-refractivity contribution is 7.89. The van der Waals surface area contributed by atoms with Gasteiger partial charge in [-0.05, 0) is 55.3 Å². The standard InChI is InChI=1S/C24H32ClN3O3S/c1-3-28(4-2)32(30,31)21-12-13-23(25)22(16-21)24(29)26-17-19-8-10-20(11-9-19)18-27-14-6-5-7-15-27/h8-13,16H,3-7,14-15,17-18H2,1-2H3,(H,26,29). The van der Waals surface area contributed by atoms with Crippen LogP contribution < -0.4 is 5.32 Å². The number of hydrogen-bond donors (Lipinski definition) is 1. The highest BCUT2D eigenvalue weighted by Crippen LogP contribution is 2.23. The Hall–Kier alpha value is -1.93. The van der Waals surface area contributed by atoms with E-state index in [0.29, 0.717) is 19.6 Å². The summed E-state index contributed by atoms with van der Waals surface area (Å²) >= 11 is 6.21. The fourth-order valence-corrected chi connectivity index (χ4v) is 5.66. The molecule has 1 aliphatic heterocycles. The normalized spacial score (nSPS) is 15.1.